The fraction of sp³-hybridized carbons (Fsp3) is 0.538. The zero-order chi connectivity index (χ0) is 11.5. The molecule has 1 rings (SSSR count). The highest BCUT2D eigenvalue weighted by molar-refractivity contribution is 6.61. The van der Waals surface area contributed by atoms with Crippen molar-refractivity contribution in [2.45, 2.75) is 45.6 Å². The van der Waals surface area contributed by atoms with Crippen LogP contribution in [0.15, 0.2) is 24.3 Å². The molecule has 0 amide bonds. The maximum absolute atomic E-state index is 5.91. The van der Waals surface area contributed by atoms with E-state index in [1.807, 2.05) is 12.1 Å². The van der Waals surface area contributed by atoms with Gasteiger partial charge in [-0.2, -0.15) is 0 Å². The van der Waals surface area contributed by atoms with Crippen molar-refractivity contribution in [2.75, 3.05) is 0 Å². The van der Waals surface area contributed by atoms with Crippen LogP contribution in [0.5, 0.6) is 0 Å². The molecule has 1 aromatic carbocycles. The van der Waals surface area contributed by atoms with Crippen molar-refractivity contribution in [1.82, 2.24) is 0 Å². The van der Waals surface area contributed by atoms with Crippen molar-refractivity contribution >= 4 is 18.3 Å². The highest BCUT2D eigenvalue weighted by Crippen LogP contribution is 2.30. The molecule has 0 unspecified atom stereocenters. The summed E-state index contributed by atoms with van der Waals surface area (Å²) >= 11 is 5.91. The van der Waals surface area contributed by atoms with Crippen molar-refractivity contribution in [3.8, 4) is 0 Å². The largest absolute Gasteiger partial charge is 0.150 e. The molecular weight excluding hydrogens is 202 g/mol. The van der Waals surface area contributed by atoms with Crippen LogP contribution >= 0.6 is 11.6 Å². The molecule has 0 saturated carbocycles. The second kappa shape index (κ2) is 5.07. The van der Waals surface area contributed by atoms with Crippen LogP contribution in [-0.2, 0) is 5.31 Å². The SMILES string of the molecule is CCB(CC)C(C)(C)c1ccc(Cl)cc1. The number of benzene rings is 1. The van der Waals surface area contributed by atoms with Crippen molar-refractivity contribution in [1.29, 1.82) is 0 Å². The molecule has 0 radical (unpaired) electrons. The van der Waals surface area contributed by atoms with Crippen molar-refractivity contribution in [3.63, 3.8) is 0 Å². The van der Waals surface area contributed by atoms with E-state index in [9.17, 15) is 0 Å². The van der Waals surface area contributed by atoms with Gasteiger partial charge in [-0.05, 0) is 23.0 Å². The molecule has 0 heterocycles. The van der Waals surface area contributed by atoms with Gasteiger partial charge in [0.2, 0.25) is 0 Å². The fourth-order valence-electron chi connectivity index (χ4n) is 2.42. The Hall–Kier alpha value is -0.425. The Morgan fingerprint density at radius 1 is 1.07 bits per heavy atom. The predicted octanol–water partition coefficient (Wildman–Crippen LogP) is 4.69. The lowest BCUT2D eigenvalue weighted by atomic mass is 9.30. The quantitative estimate of drug-likeness (QED) is 0.648. The van der Waals surface area contributed by atoms with E-state index in [1.165, 1.54) is 18.2 Å². The van der Waals surface area contributed by atoms with Gasteiger partial charge in [-0.1, -0.05) is 64.1 Å². The third-order valence-electron chi connectivity index (χ3n) is 3.59. The van der Waals surface area contributed by atoms with Gasteiger partial charge in [-0.15, -0.1) is 0 Å². The minimum atomic E-state index is 0.244. The van der Waals surface area contributed by atoms with Crippen LogP contribution in [0.1, 0.15) is 33.3 Å². The summed E-state index contributed by atoms with van der Waals surface area (Å²) in [6.07, 6.45) is 2.46. The molecule has 1 aromatic rings. The van der Waals surface area contributed by atoms with Crippen LogP contribution in [0.4, 0.5) is 0 Å². The molecule has 0 nitrogen and oxygen atoms in total. The summed E-state index contributed by atoms with van der Waals surface area (Å²) in [7, 11) is 0. The molecule has 0 fully saturated rings. The topological polar surface area (TPSA) is 0 Å². The molecule has 0 aliphatic carbocycles. The van der Waals surface area contributed by atoms with Gasteiger partial charge in [0.05, 0.1) is 0 Å². The number of hydrogen-bond donors (Lipinski definition) is 0. The second-order valence-electron chi connectivity index (χ2n) is 4.74. The molecule has 0 saturated heterocycles. The number of hydrogen-bond acceptors (Lipinski definition) is 0. The first-order valence-corrected chi connectivity index (χ1v) is 6.16. The minimum absolute atomic E-state index is 0.244. The summed E-state index contributed by atoms with van der Waals surface area (Å²) in [5.74, 6) is 0. The van der Waals surface area contributed by atoms with Gasteiger partial charge in [0.25, 0.3) is 0 Å². The first-order valence-electron chi connectivity index (χ1n) is 5.78. The molecule has 0 N–H and O–H groups in total. The number of halogens is 1. The van der Waals surface area contributed by atoms with Crippen LogP contribution in [0.3, 0.4) is 0 Å². The summed E-state index contributed by atoms with van der Waals surface area (Å²) < 4.78 is 0. The Morgan fingerprint density at radius 2 is 1.53 bits per heavy atom. The normalized spacial score (nSPS) is 11.5. The van der Waals surface area contributed by atoms with E-state index in [-0.39, 0.29) is 5.31 Å². The lowest BCUT2D eigenvalue weighted by Crippen LogP contribution is -2.36. The molecule has 82 valence electrons. The molecule has 15 heavy (non-hydrogen) atoms. The monoisotopic (exact) mass is 222 g/mol. The van der Waals surface area contributed by atoms with Gasteiger partial charge >= 0.3 is 0 Å². The molecule has 2 heteroatoms. The summed E-state index contributed by atoms with van der Waals surface area (Å²) in [6, 6.07) is 8.28. The molecular formula is C13H20BCl. The van der Waals surface area contributed by atoms with E-state index >= 15 is 0 Å². The minimum Gasteiger partial charge on any atom is -0.0843 e. The highest BCUT2D eigenvalue weighted by Gasteiger charge is 2.31. The van der Waals surface area contributed by atoms with Crippen LogP contribution < -0.4 is 0 Å². The van der Waals surface area contributed by atoms with Crippen LogP contribution in [0, 0.1) is 0 Å². The Balaban J connectivity index is 2.98. The van der Waals surface area contributed by atoms with E-state index < -0.39 is 0 Å². The first kappa shape index (κ1) is 12.6. The Bertz CT molecular complexity index is 299. The maximum Gasteiger partial charge on any atom is 0.150 e. The van der Waals surface area contributed by atoms with Crippen LogP contribution in [-0.4, -0.2) is 6.71 Å². The summed E-state index contributed by atoms with van der Waals surface area (Å²) in [5.41, 5.74) is 1.39. The van der Waals surface area contributed by atoms with E-state index in [2.05, 4.69) is 39.8 Å². The van der Waals surface area contributed by atoms with E-state index in [4.69, 9.17) is 11.6 Å². The third-order valence-corrected chi connectivity index (χ3v) is 3.85. The predicted molar refractivity (Wildman–Crippen MR) is 71.2 cm³/mol. The Morgan fingerprint density at radius 3 is 1.93 bits per heavy atom. The zero-order valence-corrected chi connectivity index (χ0v) is 10.9. The van der Waals surface area contributed by atoms with E-state index in [0.717, 1.165) is 11.7 Å². The average Bonchev–Trinajstić information content (AvgIpc) is 2.19. The van der Waals surface area contributed by atoms with Gasteiger partial charge in [0.15, 0.2) is 6.71 Å². The van der Waals surface area contributed by atoms with E-state index in [0.29, 0.717) is 0 Å². The first-order chi connectivity index (χ1) is 7.02. The smallest absolute Gasteiger partial charge is 0.0843 e. The highest BCUT2D eigenvalue weighted by atomic mass is 35.5. The van der Waals surface area contributed by atoms with E-state index in [1.54, 1.807) is 0 Å². The lowest BCUT2D eigenvalue weighted by Gasteiger charge is -2.31. The molecule has 0 bridgehead atoms. The van der Waals surface area contributed by atoms with Crippen molar-refractivity contribution in [3.05, 3.63) is 34.9 Å². The summed E-state index contributed by atoms with van der Waals surface area (Å²) in [5, 5.41) is 1.06. The zero-order valence-electron chi connectivity index (χ0n) is 10.2. The number of rotatable bonds is 4. The Kier molecular flexibility index (Phi) is 4.27. The third kappa shape index (κ3) is 2.78. The standard InChI is InChI=1S/C13H20BCl/c1-5-14(6-2)13(3,4)11-7-9-12(15)10-8-11/h7-10H,5-6H2,1-4H3. The fourth-order valence-corrected chi connectivity index (χ4v) is 2.55. The summed E-state index contributed by atoms with van der Waals surface area (Å²) in [4.78, 5) is 0. The molecule has 0 aliphatic heterocycles. The van der Waals surface area contributed by atoms with Gasteiger partial charge < -0.3 is 0 Å². The van der Waals surface area contributed by atoms with Crippen LogP contribution in [0.2, 0.25) is 17.7 Å². The van der Waals surface area contributed by atoms with Gasteiger partial charge in [-0.25, -0.2) is 0 Å². The molecule has 0 aliphatic rings. The lowest BCUT2D eigenvalue weighted by molar-refractivity contribution is 0.724. The van der Waals surface area contributed by atoms with Gasteiger partial charge in [0.1, 0.15) is 0 Å². The van der Waals surface area contributed by atoms with Gasteiger partial charge in [0, 0.05) is 5.02 Å². The van der Waals surface area contributed by atoms with Gasteiger partial charge in [-0.3, -0.25) is 0 Å². The van der Waals surface area contributed by atoms with Crippen molar-refractivity contribution in [2.24, 2.45) is 0 Å². The second-order valence-corrected chi connectivity index (χ2v) is 5.18. The maximum atomic E-state index is 5.91. The van der Waals surface area contributed by atoms with Crippen molar-refractivity contribution < 1.29 is 0 Å². The molecule has 0 atom stereocenters. The van der Waals surface area contributed by atoms with Crippen LogP contribution in [0.25, 0.3) is 0 Å². The summed E-state index contributed by atoms with van der Waals surface area (Å²) in [6.45, 7) is 9.93. The average molecular weight is 223 g/mol. The molecule has 0 spiro atoms. The molecule has 0 aromatic heterocycles. The Labute approximate surface area is 99.1 Å².